The van der Waals surface area contributed by atoms with E-state index in [2.05, 4.69) is 9.88 Å². The molecule has 0 bridgehead atoms. The molecule has 1 fully saturated rings. The first-order valence-electron chi connectivity index (χ1n) is 4.95. The zero-order valence-corrected chi connectivity index (χ0v) is 8.31. The van der Waals surface area contributed by atoms with Crippen molar-refractivity contribution in [2.75, 3.05) is 18.0 Å². The molecule has 2 heterocycles. The highest BCUT2D eigenvalue weighted by Gasteiger charge is 2.23. The molecular weight excluding hydrogens is 176 g/mol. The lowest BCUT2D eigenvalue weighted by atomic mass is 9.98. The molecule has 0 saturated carbocycles. The van der Waals surface area contributed by atoms with E-state index in [1.165, 1.54) is 0 Å². The predicted molar refractivity (Wildman–Crippen MR) is 55.2 cm³/mol. The molecule has 14 heavy (non-hydrogen) atoms. The maximum atomic E-state index is 11.3. The van der Waals surface area contributed by atoms with Gasteiger partial charge in [-0.1, -0.05) is 6.92 Å². The summed E-state index contributed by atoms with van der Waals surface area (Å²) < 4.78 is 0. The van der Waals surface area contributed by atoms with Gasteiger partial charge in [0.1, 0.15) is 5.78 Å². The fraction of sp³-hybridized carbons (Fsp3) is 0.455. The van der Waals surface area contributed by atoms with Crippen LogP contribution in [-0.4, -0.2) is 23.9 Å². The number of hydrogen-bond donors (Lipinski definition) is 0. The minimum absolute atomic E-state index is 0.156. The number of rotatable bonds is 1. The lowest BCUT2D eigenvalue weighted by molar-refractivity contribution is -0.122. The molecule has 0 aromatic carbocycles. The summed E-state index contributed by atoms with van der Waals surface area (Å²) in [4.78, 5) is 17.6. The number of carbonyl (C=O) groups is 1. The molecular formula is C11H14N2O. The van der Waals surface area contributed by atoms with Gasteiger partial charge in [-0.25, -0.2) is 0 Å². The highest BCUT2D eigenvalue weighted by atomic mass is 16.1. The predicted octanol–water partition coefficient (Wildman–Crippen LogP) is 1.50. The van der Waals surface area contributed by atoms with Gasteiger partial charge in [0, 0.05) is 31.6 Å². The minimum Gasteiger partial charge on any atom is -0.369 e. The van der Waals surface area contributed by atoms with Gasteiger partial charge in [0.2, 0.25) is 0 Å². The van der Waals surface area contributed by atoms with Crippen LogP contribution in [0.4, 0.5) is 5.69 Å². The number of aromatic nitrogens is 1. The Morgan fingerprint density at radius 1 is 1.57 bits per heavy atom. The Morgan fingerprint density at radius 3 is 3.07 bits per heavy atom. The quantitative estimate of drug-likeness (QED) is 0.672. The maximum absolute atomic E-state index is 11.3. The van der Waals surface area contributed by atoms with E-state index in [1.807, 2.05) is 25.3 Å². The summed E-state index contributed by atoms with van der Waals surface area (Å²) >= 11 is 0. The Labute approximate surface area is 83.8 Å². The fourth-order valence-corrected chi connectivity index (χ4v) is 1.79. The van der Waals surface area contributed by atoms with Crippen LogP contribution < -0.4 is 4.90 Å². The Kier molecular flexibility index (Phi) is 2.48. The van der Waals surface area contributed by atoms with Gasteiger partial charge in [0.15, 0.2) is 0 Å². The second kappa shape index (κ2) is 3.78. The lowest BCUT2D eigenvalue weighted by Gasteiger charge is -2.31. The van der Waals surface area contributed by atoms with Gasteiger partial charge in [-0.3, -0.25) is 9.78 Å². The van der Waals surface area contributed by atoms with E-state index in [1.54, 1.807) is 6.20 Å². The van der Waals surface area contributed by atoms with Crippen molar-refractivity contribution < 1.29 is 4.79 Å². The Morgan fingerprint density at radius 2 is 2.43 bits per heavy atom. The Bertz CT molecular complexity index is 323. The molecule has 0 N–H and O–H groups in total. The number of nitrogens with zero attached hydrogens (tertiary/aromatic N) is 2. The van der Waals surface area contributed by atoms with E-state index in [0.717, 1.165) is 18.8 Å². The molecule has 1 saturated heterocycles. The summed E-state index contributed by atoms with van der Waals surface area (Å²) in [6.07, 6.45) is 4.28. The molecule has 1 aromatic heterocycles. The standard InChI is InChI=1S/C11H14N2O/c1-9-8-13(6-4-11(9)14)10-3-2-5-12-7-10/h2-3,5,7,9H,4,6,8H2,1H3. The molecule has 3 heteroatoms. The van der Waals surface area contributed by atoms with E-state index in [0.29, 0.717) is 12.2 Å². The van der Waals surface area contributed by atoms with Gasteiger partial charge in [0.25, 0.3) is 0 Å². The average molecular weight is 190 g/mol. The summed E-state index contributed by atoms with van der Waals surface area (Å²) in [6, 6.07) is 3.96. The SMILES string of the molecule is CC1CN(c2cccnc2)CCC1=O. The highest BCUT2D eigenvalue weighted by Crippen LogP contribution is 2.19. The third-order valence-corrected chi connectivity index (χ3v) is 2.68. The van der Waals surface area contributed by atoms with Crippen molar-refractivity contribution in [2.45, 2.75) is 13.3 Å². The number of ketones is 1. The average Bonchev–Trinajstić information content (AvgIpc) is 2.23. The summed E-state index contributed by atoms with van der Waals surface area (Å²) in [5, 5.41) is 0. The highest BCUT2D eigenvalue weighted by molar-refractivity contribution is 5.83. The van der Waals surface area contributed by atoms with Gasteiger partial charge >= 0.3 is 0 Å². The van der Waals surface area contributed by atoms with Crippen LogP contribution in [0.15, 0.2) is 24.5 Å². The molecule has 1 atom stereocenters. The third kappa shape index (κ3) is 1.76. The zero-order chi connectivity index (χ0) is 9.97. The molecule has 1 unspecified atom stereocenters. The van der Waals surface area contributed by atoms with Crippen LogP contribution in [0, 0.1) is 5.92 Å². The van der Waals surface area contributed by atoms with E-state index in [4.69, 9.17) is 0 Å². The summed E-state index contributed by atoms with van der Waals surface area (Å²) in [7, 11) is 0. The Balaban J connectivity index is 2.11. The van der Waals surface area contributed by atoms with Crippen LogP contribution in [0.3, 0.4) is 0 Å². The van der Waals surface area contributed by atoms with Crippen LogP contribution >= 0.6 is 0 Å². The normalized spacial score (nSPS) is 22.5. The minimum atomic E-state index is 0.156. The molecule has 2 rings (SSSR count). The van der Waals surface area contributed by atoms with Crippen LogP contribution in [0.25, 0.3) is 0 Å². The lowest BCUT2D eigenvalue weighted by Crippen LogP contribution is -2.39. The van der Waals surface area contributed by atoms with Crippen molar-refractivity contribution in [1.82, 2.24) is 4.98 Å². The largest absolute Gasteiger partial charge is 0.369 e. The fourth-order valence-electron chi connectivity index (χ4n) is 1.79. The maximum Gasteiger partial charge on any atom is 0.139 e. The van der Waals surface area contributed by atoms with Crippen LogP contribution in [0.5, 0.6) is 0 Å². The van der Waals surface area contributed by atoms with E-state index in [9.17, 15) is 4.79 Å². The van der Waals surface area contributed by atoms with Crippen molar-refractivity contribution in [1.29, 1.82) is 0 Å². The molecule has 74 valence electrons. The van der Waals surface area contributed by atoms with Crippen LogP contribution in [-0.2, 0) is 4.79 Å². The van der Waals surface area contributed by atoms with Gasteiger partial charge < -0.3 is 4.90 Å². The third-order valence-electron chi connectivity index (χ3n) is 2.68. The number of piperidine rings is 1. The molecule has 3 nitrogen and oxygen atoms in total. The number of anilines is 1. The van der Waals surface area contributed by atoms with Crippen molar-refractivity contribution in [3.05, 3.63) is 24.5 Å². The van der Waals surface area contributed by atoms with E-state index >= 15 is 0 Å². The van der Waals surface area contributed by atoms with Gasteiger partial charge in [-0.15, -0.1) is 0 Å². The summed E-state index contributed by atoms with van der Waals surface area (Å²) in [6.45, 7) is 3.64. The molecule has 1 aromatic rings. The van der Waals surface area contributed by atoms with Crippen molar-refractivity contribution in [3.8, 4) is 0 Å². The molecule has 0 amide bonds. The molecule has 1 aliphatic heterocycles. The first kappa shape index (κ1) is 9.19. The Hall–Kier alpha value is -1.38. The topological polar surface area (TPSA) is 33.2 Å². The van der Waals surface area contributed by atoms with Crippen molar-refractivity contribution in [3.63, 3.8) is 0 Å². The number of hydrogen-bond acceptors (Lipinski definition) is 3. The number of pyridine rings is 1. The van der Waals surface area contributed by atoms with Gasteiger partial charge in [0.05, 0.1) is 11.9 Å². The molecule has 1 aliphatic rings. The smallest absolute Gasteiger partial charge is 0.139 e. The van der Waals surface area contributed by atoms with Crippen molar-refractivity contribution >= 4 is 11.5 Å². The molecule has 0 aliphatic carbocycles. The van der Waals surface area contributed by atoms with E-state index < -0.39 is 0 Å². The van der Waals surface area contributed by atoms with Crippen LogP contribution in [0.2, 0.25) is 0 Å². The number of Topliss-reactive ketones (excluding diaryl/α,β-unsaturated/α-hetero) is 1. The molecule has 0 spiro atoms. The second-order valence-electron chi connectivity index (χ2n) is 3.77. The monoisotopic (exact) mass is 190 g/mol. The summed E-state index contributed by atoms with van der Waals surface area (Å²) in [5.41, 5.74) is 1.12. The first-order valence-corrected chi connectivity index (χ1v) is 4.95. The van der Waals surface area contributed by atoms with Gasteiger partial charge in [-0.2, -0.15) is 0 Å². The van der Waals surface area contributed by atoms with Crippen LogP contribution in [0.1, 0.15) is 13.3 Å². The van der Waals surface area contributed by atoms with Crippen molar-refractivity contribution in [2.24, 2.45) is 5.92 Å². The van der Waals surface area contributed by atoms with E-state index in [-0.39, 0.29) is 5.92 Å². The van der Waals surface area contributed by atoms with Gasteiger partial charge in [-0.05, 0) is 12.1 Å². The zero-order valence-electron chi connectivity index (χ0n) is 8.31. The first-order chi connectivity index (χ1) is 6.77. The number of carbonyl (C=O) groups excluding carboxylic acids is 1. The summed E-state index contributed by atoms with van der Waals surface area (Å²) in [5.74, 6) is 0.536. The second-order valence-corrected chi connectivity index (χ2v) is 3.77. The molecule has 0 radical (unpaired) electrons.